The van der Waals surface area contributed by atoms with Gasteiger partial charge in [0.05, 0.1) is 5.56 Å². The van der Waals surface area contributed by atoms with E-state index >= 15 is 0 Å². The first-order valence-electron chi connectivity index (χ1n) is 5.61. The Hall–Kier alpha value is -0.910. The third kappa shape index (κ3) is 4.40. The van der Waals surface area contributed by atoms with Crippen LogP contribution in [0.2, 0.25) is 10.3 Å². The highest BCUT2D eigenvalue weighted by Gasteiger charge is 2.16. The Morgan fingerprint density at radius 1 is 1.33 bits per heavy atom. The topological polar surface area (TPSA) is 66.3 Å². The Morgan fingerprint density at radius 3 is 2.72 bits per heavy atom. The van der Waals surface area contributed by atoms with Gasteiger partial charge in [-0.15, -0.1) is 10.2 Å². The smallest absolute Gasteiger partial charge is 0.256 e. The molecule has 0 spiro atoms. The molecule has 0 aliphatic heterocycles. The SMILES string of the molecule is CN(CCCCCO)C(=O)c1cc(Cl)nnc1Cl. The second-order valence-corrected chi connectivity index (χ2v) is 4.63. The van der Waals surface area contributed by atoms with Crippen LogP contribution in [0.4, 0.5) is 0 Å². The van der Waals surface area contributed by atoms with Crippen LogP contribution in [0, 0.1) is 0 Å². The van der Waals surface area contributed by atoms with Gasteiger partial charge in [0.1, 0.15) is 0 Å². The number of carbonyl (C=O) groups excluding carboxylic acids is 1. The van der Waals surface area contributed by atoms with E-state index in [1.807, 2.05) is 0 Å². The maximum atomic E-state index is 12.0. The number of carbonyl (C=O) groups is 1. The van der Waals surface area contributed by atoms with Gasteiger partial charge < -0.3 is 10.0 Å². The van der Waals surface area contributed by atoms with Crippen LogP contribution in [0.15, 0.2) is 6.07 Å². The van der Waals surface area contributed by atoms with Gasteiger partial charge >= 0.3 is 0 Å². The number of aromatic nitrogens is 2. The summed E-state index contributed by atoms with van der Waals surface area (Å²) in [7, 11) is 1.69. The minimum atomic E-state index is -0.235. The molecule has 1 rings (SSSR count). The largest absolute Gasteiger partial charge is 0.396 e. The molecule has 1 aromatic rings. The average Bonchev–Trinajstić information content (AvgIpc) is 2.36. The number of amides is 1. The Kier molecular flexibility index (Phi) is 6.32. The lowest BCUT2D eigenvalue weighted by atomic mass is 10.2. The van der Waals surface area contributed by atoms with Gasteiger partial charge in [0, 0.05) is 20.2 Å². The summed E-state index contributed by atoms with van der Waals surface area (Å²) in [6.45, 7) is 0.766. The normalized spacial score (nSPS) is 10.4. The Morgan fingerprint density at radius 2 is 2.06 bits per heavy atom. The number of aliphatic hydroxyl groups is 1. The number of aliphatic hydroxyl groups excluding tert-OH is 1. The molecular formula is C11H15Cl2N3O2. The Bertz CT molecular complexity index is 415. The maximum absolute atomic E-state index is 12.0. The van der Waals surface area contributed by atoms with Gasteiger partial charge in [0.25, 0.3) is 5.91 Å². The van der Waals surface area contributed by atoms with E-state index in [1.165, 1.54) is 6.07 Å². The maximum Gasteiger partial charge on any atom is 0.256 e. The van der Waals surface area contributed by atoms with Crippen molar-refractivity contribution in [2.45, 2.75) is 19.3 Å². The number of rotatable bonds is 6. The van der Waals surface area contributed by atoms with E-state index in [0.717, 1.165) is 19.3 Å². The van der Waals surface area contributed by atoms with Crippen LogP contribution < -0.4 is 0 Å². The van der Waals surface area contributed by atoms with Crippen molar-refractivity contribution in [1.82, 2.24) is 15.1 Å². The highest BCUT2D eigenvalue weighted by Crippen LogP contribution is 2.17. The molecule has 0 atom stereocenters. The van der Waals surface area contributed by atoms with Crippen molar-refractivity contribution in [3.05, 3.63) is 21.9 Å². The third-order valence-electron chi connectivity index (χ3n) is 2.45. The fourth-order valence-electron chi connectivity index (χ4n) is 1.45. The van der Waals surface area contributed by atoms with Gasteiger partial charge in [-0.1, -0.05) is 23.2 Å². The number of halogens is 2. The Balaban J connectivity index is 2.60. The summed E-state index contributed by atoms with van der Waals surface area (Å²) in [5.41, 5.74) is 0.251. The van der Waals surface area contributed by atoms with E-state index in [-0.39, 0.29) is 28.4 Å². The molecular weight excluding hydrogens is 277 g/mol. The number of nitrogens with zero attached hydrogens (tertiary/aromatic N) is 3. The molecule has 1 aromatic heterocycles. The molecule has 100 valence electrons. The van der Waals surface area contributed by atoms with E-state index < -0.39 is 0 Å². The van der Waals surface area contributed by atoms with E-state index in [0.29, 0.717) is 6.54 Å². The van der Waals surface area contributed by atoms with E-state index in [4.69, 9.17) is 28.3 Å². The molecule has 0 saturated carbocycles. The predicted molar refractivity (Wildman–Crippen MR) is 69.9 cm³/mol. The van der Waals surface area contributed by atoms with E-state index in [1.54, 1.807) is 11.9 Å². The van der Waals surface area contributed by atoms with Gasteiger partial charge in [0.2, 0.25) is 0 Å². The second kappa shape index (κ2) is 7.51. The summed E-state index contributed by atoms with van der Waals surface area (Å²) in [6.07, 6.45) is 2.44. The van der Waals surface area contributed by atoms with Crippen molar-refractivity contribution in [2.24, 2.45) is 0 Å². The fraction of sp³-hybridized carbons (Fsp3) is 0.545. The third-order valence-corrected chi connectivity index (χ3v) is 2.91. The number of hydrogen-bond donors (Lipinski definition) is 1. The lowest BCUT2D eigenvalue weighted by Crippen LogP contribution is -2.28. The van der Waals surface area contributed by atoms with Crippen molar-refractivity contribution in [1.29, 1.82) is 0 Å². The van der Waals surface area contributed by atoms with E-state index in [9.17, 15) is 4.79 Å². The van der Waals surface area contributed by atoms with Crippen LogP contribution in [-0.2, 0) is 0 Å². The molecule has 0 aromatic carbocycles. The molecule has 5 nitrogen and oxygen atoms in total. The molecule has 0 saturated heterocycles. The van der Waals surface area contributed by atoms with Gasteiger partial charge in [-0.05, 0) is 25.3 Å². The summed E-state index contributed by atoms with van der Waals surface area (Å²) < 4.78 is 0. The second-order valence-electron chi connectivity index (χ2n) is 3.88. The standard InChI is InChI=1S/C11H15Cl2N3O2/c1-16(5-3-2-4-6-17)11(18)8-7-9(12)14-15-10(8)13/h7,17H,2-6H2,1H3. The monoisotopic (exact) mass is 291 g/mol. The van der Waals surface area contributed by atoms with Crippen molar-refractivity contribution >= 4 is 29.1 Å². The highest BCUT2D eigenvalue weighted by molar-refractivity contribution is 6.34. The molecule has 0 aliphatic carbocycles. The fourth-order valence-corrected chi connectivity index (χ4v) is 1.77. The lowest BCUT2D eigenvalue weighted by Gasteiger charge is -2.17. The summed E-state index contributed by atoms with van der Waals surface area (Å²) in [5.74, 6) is -0.235. The van der Waals surface area contributed by atoms with Crippen molar-refractivity contribution in [3.63, 3.8) is 0 Å². The van der Waals surface area contributed by atoms with Gasteiger partial charge in [0.15, 0.2) is 10.3 Å². The molecule has 0 fully saturated rings. The molecule has 0 radical (unpaired) electrons. The molecule has 18 heavy (non-hydrogen) atoms. The van der Waals surface area contributed by atoms with Gasteiger partial charge in [-0.3, -0.25) is 4.79 Å². The number of hydrogen-bond acceptors (Lipinski definition) is 4. The molecule has 0 unspecified atom stereocenters. The number of unbranched alkanes of at least 4 members (excludes halogenated alkanes) is 2. The zero-order valence-electron chi connectivity index (χ0n) is 10.1. The van der Waals surface area contributed by atoms with Crippen molar-refractivity contribution < 1.29 is 9.90 Å². The summed E-state index contributed by atoms with van der Waals surface area (Å²) in [6, 6.07) is 1.41. The van der Waals surface area contributed by atoms with Crippen LogP contribution in [0.5, 0.6) is 0 Å². The van der Waals surface area contributed by atoms with Crippen molar-refractivity contribution in [2.75, 3.05) is 20.2 Å². The van der Waals surface area contributed by atoms with Crippen LogP contribution >= 0.6 is 23.2 Å². The van der Waals surface area contributed by atoms with Gasteiger partial charge in [-0.25, -0.2) is 0 Å². The first kappa shape index (κ1) is 15.1. The molecule has 0 bridgehead atoms. The van der Waals surface area contributed by atoms with Crippen molar-refractivity contribution in [3.8, 4) is 0 Å². The molecule has 1 amide bonds. The first-order valence-corrected chi connectivity index (χ1v) is 6.37. The van der Waals surface area contributed by atoms with E-state index in [2.05, 4.69) is 10.2 Å². The first-order chi connectivity index (χ1) is 8.56. The minimum Gasteiger partial charge on any atom is -0.396 e. The average molecular weight is 292 g/mol. The zero-order valence-corrected chi connectivity index (χ0v) is 11.6. The molecule has 1 heterocycles. The van der Waals surface area contributed by atoms with Crippen LogP contribution in [0.3, 0.4) is 0 Å². The highest BCUT2D eigenvalue weighted by atomic mass is 35.5. The summed E-state index contributed by atoms with van der Waals surface area (Å²) >= 11 is 11.5. The van der Waals surface area contributed by atoms with Crippen LogP contribution in [0.25, 0.3) is 0 Å². The summed E-state index contributed by atoms with van der Waals surface area (Å²) in [5, 5.41) is 16.0. The van der Waals surface area contributed by atoms with Crippen LogP contribution in [-0.4, -0.2) is 46.3 Å². The molecule has 0 aliphatic rings. The zero-order chi connectivity index (χ0) is 13.5. The lowest BCUT2D eigenvalue weighted by molar-refractivity contribution is 0.0791. The molecule has 1 N–H and O–H groups in total. The van der Waals surface area contributed by atoms with Gasteiger partial charge in [-0.2, -0.15) is 0 Å². The summed E-state index contributed by atoms with van der Waals surface area (Å²) in [4.78, 5) is 13.6. The molecule has 7 heteroatoms. The van der Waals surface area contributed by atoms with Crippen LogP contribution in [0.1, 0.15) is 29.6 Å². The quantitative estimate of drug-likeness (QED) is 0.815. The predicted octanol–water partition coefficient (Wildman–Crippen LogP) is 2.02. The minimum absolute atomic E-state index is 0.0478. The Labute approximate surface area is 116 Å².